The zero-order valence-electron chi connectivity index (χ0n) is 7.42. The van der Waals surface area contributed by atoms with E-state index in [1.165, 1.54) is 12.1 Å². The molecular weight excluding hydrogens is 314 g/mol. The van der Waals surface area contributed by atoms with Crippen LogP contribution < -0.4 is 4.74 Å². The van der Waals surface area contributed by atoms with Crippen molar-refractivity contribution in [2.45, 2.75) is 6.36 Å². The van der Waals surface area contributed by atoms with E-state index >= 15 is 0 Å². The maximum absolute atomic E-state index is 12.0. The molecule has 0 aliphatic rings. The summed E-state index contributed by atoms with van der Waals surface area (Å²) in [6.07, 6.45) is -4.85. The molecule has 0 atom stereocenters. The molecule has 0 unspecified atom stereocenters. The zero-order chi connectivity index (χ0) is 12.3. The van der Waals surface area contributed by atoms with Gasteiger partial charge in [0.25, 0.3) is 0 Å². The number of oxime groups is 1. The maximum Gasteiger partial charge on any atom is 0.573 e. The summed E-state index contributed by atoms with van der Waals surface area (Å²) in [6, 6.07) is 3.73. The molecule has 0 aliphatic carbocycles. The quantitative estimate of drug-likeness (QED) is 0.513. The lowest BCUT2D eigenvalue weighted by molar-refractivity contribution is -0.274. The first-order valence-corrected chi connectivity index (χ1v) is 4.94. The molecule has 0 amide bonds. The third-order valence-corrected chi connectivity index (χ3v) is 2.25. The van der Waals surface area contributed by atoms with Crippen LogP contribution in [-0.2, 0) is 0 Å². The van der Waals surface area contributed by atoms with E-state index in [1.54, 1.807) is 0 Å². The lowest BCUT2D eigenvalue weighted by Gasteiger charge is -2.12. The van der Waals surface area contributed by atoms with Gasteiger partial charge in [-0.15, -0.1) is 13.2 Å². The topological polar surface area (TPSA) is 41.8 Å². The predicted molar refractivity (Wildman–Crippen MR) is 55.0 cm³/mol. The minimum absolute atomic E-state index is 0.162. The normalized spacial score (nSPS) is 12.7. The van der Waals surface area contributed by atoms with Crippen molar-refractivity contribution >= 4 is 32.7 Å². The number of ether oxygens (including phenoxy) is 1. The van der Waals surface area contributed by atoms with Gasteiger partial charge in [-0.05, 0) is 18.2 Å². The van der Waals surface area contributed by atoms with Crippen molar-refractivity contribution in [3.05, 3.63) is 28.2 Å². The Balaban J connectivity index is 3.19. The highest BCUT2D eigenvalue weighted by atomic mass is 79.9. The molecule has 0 aromatic heterocycles. The number of alkyl halides is 3. The first kappa shape index (κ1) is 13.1. The standard InChI is InChI=1S/C8H4BrClF3NO2/c9-4-1-2-5(7(10)14-15)6(3-4)16-8(11,12)13/h1-3,15H. The summed E-state index contributed by atoms with van der Waals surface area (Å²) in [4.78, 5) is 0. The molecule has 1 aromatic rings. The third kappa shape index (κ3) is 3.57. The van der Waals surface area contributed by atoms with Crippen LogP contribution in [0, 0.1) is 0 Å². The van der Waals surface area contributed by atoms with Gasteiger partial charge < -0.3 is 9.94 Å². The van der Waals surface area contributed by atoms with Crippen LogP contribution in [0.1, 0.15) is 5.56 Å². The molecule has 0 radical (unpaired) electrons. The summed E-state index contributed by atoms with van der Waals surface area (Å²) < 4.78 is 40.2. The monoisotopic (exact) mass is 317 g/mol. The number of nitrogens with zero attached hydrogens (tertiary/aromatic N) is 1. The van der Waals surface area contributed by atoms with Crippen LogP contribution in [0.2, 0.25) is 0 Å². The van der Waals surface area contributed by atoms with E-state index in [0.29, 0.717) is 4.47 Å². The SMILES string of the molecule is ON=C(Cl)c1ccc(Br)cc1OC(F)(F)F. The Labute approximate surface area is 102 Å². The van der Waals surface area contributed by atoms with E-state index in [-0.39, 0.29) is 5.56 Å². The van der Waals surface area contributed by atoms with Crippen LogP contribution in [0.15, 0.2) is 27.8 Å². The van der Waals surface area contributed by atoms with Crippen LogP contribution in [-0.4, -0.2) is 16.7 Å². The number of benzene rings is 1. The number of hydrogen-bond acceptors (Lipinski definition) is 3. The molecular formula is C8H4BrClF3NO2. The highest BCUT2D eigenvalue weighted by Gasteiger charge is 2.32. The fourth-order valence-corrected chi connectivity index (χ4v) is 1.43. The van der Waals surface area contributed by atoms with Gasteiger partial charge in [-0.25, -0.2) is 0 Å². The third-order valence-electron chi connectivity index (χ3n) is 1.48. The summed E-state index contributed by atoms with van der Waals surface area (Å²) in [7, 11) is 0. The van der Waals surface area contributed by atoms with Crippen molar-refractivity contribution in [3.63, 3.8) is 0 Å². The molecule has 8 heteroatoms. The molecule has 88 valence electrons. The lowest BCUT2D eigenvalue weighted by Crippen LogP contribution is -2.18. The fraction of sp³-hybridized carbons (Fsp3) is 0.125. The Bertz CT molecular complexity index is 422. The molecule has 1 rings (SSSR count). The van der Waals surface area contributed by atoms with Crippen LogP contribution in [0.25, 0.3) is 0 Å². The van der Waals surface area contributed by atoms with Gasteiger partial charge in [-0.3, -0.25) is 0 Å². The van der Waals surface area contributed by atoms with Crippen LogP contribution in [0.3, 0.4) is 0 Å². The molecule has 0 saturated carbocycles. The minimum atomic E-state index is -4.85. The summed E-state index contributed by atoms with van der Waals surface area (Å²) in [5.74, 6) is -0.551. The lowest BCUT2D eigenvalue weighted by atomic mass is 10.2. The van der Waals surface area contributed by atoms with Gasteiger partial charge in [-0.2, -0.15) is 0 Å². The van der Waals surface area contributed by atoms with Crippen LogP contribution in [0.5, 0.6) is 5.75 Å². The van der Waals surface area contributed by atoms with Crippen molar-refractivity contribution in [3.8, 4) is 5.75 Å². The summed E-state index contributed by atoms with van der Waals surface area (Å²) in [5.41, 5.74) is -0.162. The molecule has 1 N–H and O–H groups in total. The van der Waals surface area contributed by atoms with E-state index in [1.807, 2.05) is 0 Å². The van der Waals surface area contributed by atoms with Gasteiger partial charge in [0.1, 0.15) is 5.75 Å². The summed E-state index contributed by atoms with van der Waals surface area (Å²) >= 11 is 8.40. The van der Waals surface area contributed by atoms with Gasteiger partial charge >= 0.3 is 6.36 Å². The van der Waals surface area contributed by atoms with Crippen molar-refractivity contribution < 1.29 is 23.1 Å². The van der Waals surface area contributed by atoms with E-state index in [4.69, 9.17) is 16.8 Å². The molecule has 16 heavy (non-hydrogen) atoms. The maximum atomic E-state index is 12.0. The number of halogens is 5. The van der Waals surface area contributed by atoms with E-state index in [9.17, 15) is 13.2 Å². The molecule has 0 spiro atoms. The van der Waals surface area contributed by atoms with Crippen molar-refractivity contribution in [1.82, 2.24) is 0 Å². The Kier molecular flexibility index (Phi) is 4.03. The molecule has 0 fully saturated rings. The second kappa shape index (κ2) is 4.92. The molecule has 0 heterocycles. The van der Waals surface area contributed by atoms with Gasteiger partial charge in [0.15, 0.2) is 5.17 Å². The minimum Gasteiger partial charge on any atom is -0.410 e. The first-order valence-electron chi connectivity index (χ1n) is 3.76. The molecule has 3 nitrogen and oxygen atoms in total. The predicted octanol–water partition coefficient (Wildman–Crippen LogP) is 3.72. The molecule has 0 saturated heterocycles. The Morgan fingerprint density at radius 1 is 1.44 bits per heavy atom. The summed E-state index contributed by atoms with van der Waals surface area (Å²) in [6.45, 7) is 0. The second-order valence-electron chi connectivity index (χ2n) is 2.58. The Hall–Kier alpha value is -0.950. The van der Waals surface area contributed by atoms with Crippen molar-refractivity contribution in [1.29, 1.82) is 0 Å². The highest BCUT2D eigenvalue weighted by Crippen LogP contribution is 2.30. The summed E-state index contributed by atoms with van der Waals surface area (Å²) in [5, 5.41) is 10.5. The molecule has 0 bridgehead atoms. The van der Waals surface area contributed by atoms with Crippen molar-refractivity contribution in [2.75, 3.05) is 0 Å². The Morgan fingerprint density at radius 2 is 2.06 bits per heavy atom. The van der Waals surface area contributed by atoms with Crippen molar-refractivity contribution in [2.24, 2.45) is 5.16 Å². The van der Waals surface area contributed by atoms with Crippen LogP contribution >= 0.6 is 27.5 Å². The highest BCUT2D eigenvalue weighted by molar-refractivity contribution is 9.10. The van der Waals surface area contributed by atoms with Gasteiger partial charge in [0.05, 0.1) is 5.56 Å². The largest absolute Gasteiger partial charge is 0.573 e. The van der Waals surface area contributed by atoms with E-state index in [2.05, 4.69) is 25.8 Å². The molecule has 1 aromatic carbocycles. The molecule has 0 aliphatic heterocycles. The van der Waals surface area contributed by atoms with Gasteiger partial charge in [0.2, 0.25) is 0 Å². The van der Waals surface area contributed by atoms with E-state index < -0.39 is 17.3 Å². The van der Waals surface area contributed by atoms with Gasteiger partial charge in [0, 0.05) is 4.47 Å². The van der Waals surface area contributed by atoms with Gasteiger partial charge in [-0.1, -0.05) is 32.7 Å². The van der Waals surface area contributed by atoms with E-state index in [0.717, 1.165) is 6.07 Å². The average Bonchev–Trinajstić information content (AvgIpc) is 2.14. The number of rotatable bonds is 2. The van der Waals surface area contributed by atoms with Crippen LogP contribution in [0.4, 0.5) is 13.2 Å². The second-order valence-corrected chi connectivity index (χ2v) is 3.85. The Morgan fingerprint density at radius 3 is 2.56 bits per heavy atom. The fourth-order valence-electron chi connectivity index (χ4n) is 0.930. The zero-order valence-corrected chi connectivity index (χ0v) is 9.77. The average molecular weight is 318 g/mol. The first-order chi connectivity index (χ1) is 7.33. The smallest absolute Gasteiger partial charge is 0.410 e. The number of hydrogen-bond donors (Lipinski definition) is 1.